The first-order valence-electron chi connectivity index (χ1n) is 6.63. The van der Waals surface area contributed by atoms with E-state index in [1.807, 2.05) is 31.2 Å². The number of nitrogens with zero attached hydrogens (tertiary/aromatic N) is 2. The highest BCUT2D eigenvalue weighted by molar-refractivity contribution is 7.99. The van der Waals surface area contributed by atoms with Crippen LogP contribution >= 0.6 is 11.8 Å². The zero-order valence-electron chi connectivity index (χ0n) is 11.1. The third kappa shape index (κ3) is 2.43. The van der Waals surface area contributed by atoms with Crippen molar-refractivity contribution in [1.82, 2.24) is 10.3 Å². The molecule has 3 rings (SSSR count). The van der Waals surface area contributed by atoms with E-state index in [1.165, 1.54) is 4.90 Å². The number of rotatable bonds is 4. The standard InChI is InChI=1S/C14H15N3O2S/c1-2-5-11-13(17-19-16-11)15-14(18)10-8-20-12-7-4-3-6-9(10)12/h3-4,6-7,10H,2,5,8H2,1H3,(H,15,17,18)/t10-/m0/s1. The molecule has 2 aromatic rings. The van der Waals surface area contributed by atoms with Crippen LogP contribution in [0.5, 0.6) is 0 Å². The van der Waals surface area contributed by atoms with Crippen LogP contribution in [0.4, 0.5) is 5.82 Å². The summed E-state index contributed by atoms with van der Waals surface area (Å²) >= 11 is 1.71. The fraction of sp³-hybridized carbons (Fsp3) is 0.357. The number of anilines is 1. The largest absolute Gasteiger partial charge is 0.306 e. The number of aromatic nitrogens is 2. The first-order valence-corrected chi connectivity index (χ1v) is 7.62. The molecule has 0 radical (unpaired) electrons. The van der Waals surface area contributed by atoms with Crippen molar-refractivity contribution in [2.75, 3.05) is 11.1 Å². The summed E-state index contributed by atoms with van der Waals surface area (Å²) in [4.78, 5) is 13.6. The second-order valence-corrected chi connectivity index (χ2v) is 5.76. The summed E-state index contributed by atoms with van der Waals surface area (Å²) in [5.74, 6) is 1.03. The molecule has 1 aliphatic heterocycles. The van der Waals surface area contributed by atoms with Gasteiger partial charge in [0.1, 0.15) is 5.69 Å². The van der Waals surface area contributed by atoms with Gasteiger partial charge in [0.25, 0.3) is 0 Å². The Morgan fingerprint density at radius 3 is 3.15 bits per heavy atom. The fourth-order valence-corrected chi connectivity index (χ4v) is 3.51. The number of hydrogen-bond acceptors (Lipinski definition) is 5. The number of nitrogens with one attached hydrogen (secondary N) is 1. The predicted molar refractivity (Wildman–Crippen MR) is 76.8 cm³/mol. The van der Waals surface area contributed by atoms with E-state index in [9.17, 15) is 4.79 Å². The SMILES string of the molecule is CCCc1nonc1NC(=O)[C@H]1CSc2ccccc21. The van der Waals surface area contributed by atoms with Gasteiger partial charge in [-0.05, 0) is 23.2 Å². The molecule has 20 heavy (non-hydrogen) atoms. The summed E-state index contributed by atoms with van der Waals surface area (Å²) in [5, 5.41) is 10.4. The molecule has 0 bridgehead atoms. The van der Waals surface area contributed by atoms with E-state index in [4.69, 9.17) is 4.63 Å². The molecule has 0 unspecified atom stereocenters. The zero-order valence-corrected chi connectivity index (χ0v) is 11.9. The van der Waals surface area contributed by atoms with E-state index in [-0.39, 0.29) is 11.8 Å². The van der Waals surface area contributed by atoms with Gasteiger partial charge in [-0.25, -0.2) is 4.63 Å². The van der Waals surface area contributed by atoms with Crippen molar-refractivity contribution in [2.45, 2.75) is 30.6 Å². The summed E-state index contributed by atoms with van der Waals surface area (Å²) < 4.78 is 4.71. The number of fused-ring (bicyclic) bond motifs is 1. The monoisotopic (exact) mass is 289 g/mol. The quantitative estimate of drug-likeness (QED) is 0.937. The van der Waals surface area contributed by atoms with E-state index in [0.717, 1.165) is 24.2 Å². The lowest BCUT2D eigenvalue weighted by atomic mass is 10.0. The van der Waals surface area contributed by atoms with E-state index >= 15 is 0 Å². The van der Waals surface area contributed by atoms with E-state index in [2.05, 4.69) is 15.6 Å². The highest BCUT2D eigenvalue weighted by Crippen LogP contribution is 2.39. The van der Waals surface area contributed by atoms with Gasteiger partial charge in [0.05, 0.1) is 5.92 Å². The van der Waals surface area contributed by atoms with Crippen molar-refractivity contribution in [3.63, 3.8) is 0 Å². The Bertz CT molecular complexity index is 626. The van der Waals surface area contributed by atoms with Gasteiger partial charge in [-0.15, -0.1) is 11.8 Å². The number of amides is 1. The van der Waals surface area contributed by atoms with Gasteiger partial charge in [0, 0.05) is 10.6 Å². The van der Waals surface area contributed by atoms with Gasteiger partial charge < -0.3 is 5.32 Å². The second-order valence-electron chi connectivity index (χ2n) is 4.70. The minimum atomic E-state index is -0.137. The van der Waals surface area contributed by atoms with Crippen molar-refractivity contribution < 1.29 is 9.42 Å². The van der Waals surface area contributed by atoms with Gasteiger partial charge in [0.2, 0.25) is 11.7 Å². The Morgan fingerprint density at radius 2 is 2.30 bits per heavy atom. The normalized spacial score (nSPS) is 16.9. The Kier molecular flexibility index (Phi) is 3.73. The minimum Gasteiger partial charge on any atom is -0.306 e. The van der Waals surface area contributed by atoms with Crippen LogP contribution < -0.4 is 5.32 Å². The van der Waals surface area contributed by atoms with Gasteiger partial charge >= 0.3 is 0 Å². The van der Waals surface area contributed by atoms with Crippen molar-refractivity contribution in [1.29, 1.82) is 0 Å². The number of aryl methyl sites for hydroxylation is 1. The maximum absolute atomic E-state index is 12.4. The molecule has 0 spiro atoms. The minimum absolute atomic E-state index is 0.0458. The first kappa shape index (κ1) is 13.2. The van der Waals surface area contributed by atoms with Crippen molar-refractivity contribution >= 4 is 23.5 Å². The molecule has 104 valence electrons. The lowest BCUT2D eigenvalue weighted by Crippen LogP contribution is -2.21. The van der Waals surface area contributed by atoms with Crippen LogP contribution in [0, 0.1) is 0 Å². The molecule has 1 N–H and O–H groups in total. The molecule has 2 heterocycles. The lowest BCUT2D eigenvalue weighted by molar-refractivity contribution is -0.117. The Morgan fingerprint density at radius 1 is 1.45 bits per heavy atom. The number of carbonyl (C=O) groups excluding carboxylic acids is 1. The molecule has 6 heteroatoms. The second kappa shape index (κ2) is 5.66. The summed E-state index contributed by atoms with van der Waals surface area (Å²) in [6.07, 6.45) is 1.67. The molecule has 0 saturated heterocycles. The van der Waals surface area contributed by atoms with Crippen LogP contribution in [0.15, 0.2) is 33.8 Å². The maximum atomic E-state index is 12.4. The first-order chi connectivity index (χ1) is 9.79. The summed E-state index contributed by atoms with van der Waals surface area (Å²) in [6.45, 7) is 2.05. The van der Waals surface area contributed by atoms with Crippen molar-refractivity contribution in [3.05, 3.63) is 35.5 Å². The van der Waals surface area contributed by atoms with Gasteiger partial charge in [-0.2, -0.15) is 0 Å². The summed E-state index contributed by atoms with van der Waals surface area (Å²) in [7, 11) is 0. The van der Waals surface area contributed by atoms with Crippen LogP contribution in [0.25, 0.3) is 0 Å². The van der Waals surface area contributed by atoms with Crippen molar-refractivity contribution in [2.24, 2.45) is 0 Å². The number of carbonyl (C=O) groups is 1. The lowest BCUT2D eigenvalue weighted by Gasteiger charge is -2.10. The van der Waals surface area contributed by atoms with Crippen LogP contribution in [-0.4, -0.2) is 22.0 Å². The molecule has 1 aromatic carbocycles. The third-order valence-corrected chi connectivity index (χ3v) is 4.48. The van der Waals surface area contributed by atoms with E-state index in [0.29, 0.717) is 11.5 Å². The molecular weight excluding hydrogens is 274 g/mol. The maximum Gasteiger partial charge on any atom is 0.234 e. The Labute approximate surface area is 121 Å². The van der Waals surface area contributed by atoms with Gasteiger partial charge in [-0.1, -0.05) is 36.7 Å². The van der Waals surface area contributed by atoms with Crippen LogP contribution in [-0.2, 0) is 11.2 Å². The highest BCUT2D eigenvalue weighted by atomic mass is 32.2. The molecule has 0 aliphatic carbocycles. The number of benzene rings is 1. The topological polar surface area (TPSA) is 68.0 Å². The predicted octanol–water partition coefficient (Wildman–Crippen LogP) is 2.85. The molecule has 1 aromatic heterocycles. The molecule has 1 aliphatic rings. The van der Waals surface area contributed by atoms with Crippen LogP contribution in [0.3, 0.4) is 0 Å². The Balaban J connectivity index is 1.76. The molecule has 5 nitrogen and oxygen atoms in total. The van der Waals surface area contributed by atoms with Crippen LogP contribution in [0.1, 0.15) is 30.5 Å². The fourth-order valence-electron chi connectivity index (χ4n) is 2.29. The summed E-state index contributed by atoms with van der Waals surface area (Å²) in [5.41, 5.74) is 1.79. The summed E-state index contributed by atoms with van der Waals surface area (Å²) in [6, 6.07) is 8.01. The van der Waals surface area contributed by atoms with E-state index in [1.54, 1.807) is 11.8 Å². The van der Waals surface area contributed by atoms with Crippen LogP contribution in [0.2, 0.25) is 0 Å². The van der Waals surface area contributed by atoms with Gasteiger partial charge in [-0.3, -0.25) is 4.79 Å². The number of thioether (sulfide) groups is 1. The van der Waals surface area contributed by atoms with Crippen molar-refractivity contribution in [3.8, 4) is 0 Å². The third-order valence-electron chi connectivity index (χ3n) is 3.30. The molecule has 0 saturated carbocycles. The zero-order chi connectivity index (χ0) is 13.9. The van der Waals surface area contributed by atoms with E-state index < -0.39 is 0 Å². The Hall–Kier alpha value is -1.82. The average molecular weight is 289 g/mol. The number of hydrogen-bond donors (Lipinski definition) is 1. The molecular formula is C14H15N3O2S. The molecule has 1 amide bonds. The molecule has 1 atom stereocenters. The van der Waals surface area contributed by atoms with Gasteiger partial charge in [0.15, 0.2) is 0 Å². The molecule has 0 fully saturated rings. The highest BCUT2D eigenvalue weighted by Gasteiger charge is 2.30. The smallest absolute Gasteiger partial charge is 0.234 e. The average Bonchev–Trinajstić information content (AvgIpc) is 3.06.